The van der Waals surface area contributed by atoms with Gasteiger partial charge in [0.25, 0.3) is 0 Å². The van der Waals surface area contributed by atoms with Crippen LogP contribution in [0.15, 0.2) is 55.1 Å². The Balaban J connectivity index is 1.45. The molecular weight excluding hydrogens is 452 g/mol. The predicted molar refractivity (Wildman–Crippen MR) is 128 cm³/mol. The number of aromatic nitrogens is 3. The van der Waals surface area contributed by atoms with Gasteiger partial charge in [0.1, 0.15) is 11.4 Å². The second kappa shape index (κ2) is 11.1. The number of hydrogen-bond donors (Lipinski definition) is 0. The molecule has 1 aromatic carbocycles. The van der Waals surface area contributed by atoms with Crippen LogP contribution in [0.2, 0.25) is 0 Å². The zero-order chi connectivity index (χ0) is 24.8. The summed E-state index contributed by atoms with van der Waals surface area (Å²) in [6.07, 6.45) is 5.78. The summed E-state index contributed by atoms with van der Waals surface area (Å²) in [5, 5.41) is 0. The number of ether oxygens (including phenoxy) is 2. The van der Waals surface area contributed by atoms with E-state index < -0.39 is 12.0 Å². The summed E-state index contributed by atoms with van der Waals surface area (Å²) in [7, 11) is 3.50. The number of Topliss-reactive ketones (excluding diaryl/α,β-unsaturated/α-hetero) is 1. The van der Waals surface area contributed by atoms with Crippen molar-refractivity contribution in [3.05, 3.63) is 66.4 Å². The number of carbonyl (C=O) groups excluding carboxylic acids is 1. The summed E-state index contributed by atoms with van der Waals surface area (Å²) in [4.78, 5) is 21.7. The molecule has 1 aliphatic carbocycles. The molecule has 3 aromatic rings. The fourth-order valence-electron chi connectivity index (χ4n) is 4.14. The molecule has 1 fully saturated rings. The summed E-state index contributed by atoms with van der Waals surface area (Å²) in [5.41, 5.74) is 2.88. The first-order valence-corrected chi connectivity index (χ1v) is 12.0. The van der Waals surface area contributed by atoms with Gasteiger partial charge in [0.2, 0.25) is 0 Å². The number of halogens is 2. The molecule has 6 nitrogen and oxygen atoms in total. The van der Waals surface area contributed by atoms with Gasteiger partial charge in [-0.2, -0.15) is 8.78 Å². The largest absolute Gasteiger partial charge is 0.432 e. The van der Waals surface area contributed by atoms with Crippen molar-refractivity contribution in [2.45, 2.75) is 44.6 Å². The van der Waals surface area contributed by atoms with E-state index in [0.29, 0.717) is 49.2 Å². The topological polar surface area (TPSA) is 66.2 Å². The highest BCUT2D eigenvalue weighted by Crippen LogP contribution is 2.44. The summed E-state index contributed by atoms with van der Waals surface area (Å²) in [5.74, 6) is -0.695. The monoisotopic (exact) mass is 483 g/mol. The molecule has 4 rings (SSSR count). The smallest absolute Gasteiger partial charge is 0.400 e. The Kier molecular flexibility index (Phi) is 7.90. The number of pyridine rings is 1. The maximum absolute atomic E-state index is 14.1. The highest BCUT2D eigenvalue weighted by Gasteiger charge is 2.49. The molecule has 0 saturated heterocycles. The van der Waals surface area contributed by atoms with Crippen molar-refractivity contribution in [1.29, 1.82) is 0 Å². The zero-order valence-electron chi connectivity index (χ0n) is 20.1. The number of benzene rings is 1. The molecule has 1 aliphatic rings. The van der Waals surface area contributed by atoms with E-state index in [4.69, 9.17) is 9.47 Å². The van der Waals surface area contributed by atoms with Crippen LogP contribution in [0.5, 0.6) is 5.75 Å². The van der Waals surface area contributed by atoms with Gasteiger partial charge in [-0.3, -0.25) is 9.78 Å². The van der Waals surface area contributed by atoms with Crippen molar-refractivity contribution < 1.29 is 23.0 Å². The van der Waals surface area contributed by atoms with Crippen molar-refractivity contribution in [1.82, 2.24) is 14.5 Å². The molecule has 0 radical (unpaired) electrons. The van der Waals surface area contributed by atoms with Crippen LogP contribution in [-0.4, -0.2) is 40.1 Å². The van der Waals surface area contributed by atoms with Crippen LogP contribution in [0.25, 0.3) is 11.3 Å². The predicted octanol–water partition coefficient (Wildman–Crippen LogP) is 5.72. The van der Waals surface area contributed by atoms with Crippen molar-refractivity contribution in [2.75, 3.05) is 13.7 Å². The third kappa shape index (κ3) is 6.72. The molecule has 186 valence electrons. The SMILES string of the molecule is COCCCC(CCc1ccnc(-c2cccc(OC(F)(F)C3CC3)c2)c1)C(=O)c1cn(C)cn1. The maximum atomic E-state index is 14.1. The van der Waals surface area contributed by atoms with Crippen LogP contribution in [0.3, 0.4) is 0 Å². The number of carbonyl (C=O) groups is 1. The fourth-order valence-corrected chi connectivity index (χ4v) is 4.14. The second-order valence-electron chi connectivity index (χ2n) is 9.17. The molecule has 0 spiro atoms. The number of ketones is 1. The minimum Gasteiger partial charge on any atom is -0.432 e. The highest BCUT2D eigenvalue weighted by molar-refractivity contribution is 5.95. The number of rotatable bonds is 13. The maximum Gasteiger partial charge on any atom is 0.400 e. The Labute approximate surface area is 204 Å². The highest BCUT2D eigenvalue weighted by atomic mass is 19.3. The number of alkyl halides is 2. The minimum atomic E-state index is -3.15. The van der Waals surface area contributed by atoms with E-state index in [1.54, 1.807) is 42.5 Å². The standard InChI is InChI=1S/C27H31F2N3O3/c1-32-17-25(31-18-32)26(33)20(6-4-14-34-2)9-8-19-12-13-30-24(15-19)21-5-3-7-23(16-21)35-27(28,29)22-10-11-22/h3,5,7,12-13,15-18,20,22H,4,6,8-11,14H2,1-2H3. The third-order valence-electron chi connectivity index (χ3n) is 6.27. The summed E-state index contributed by atoms with van der Waals surface area (Å²) in [6, 6.07) is 10.5. The van der Waals surface area contributed by atoms with Gasteiger partial charge in [-0.15, -0.1) is 0 Å². The third-order valence-corrected chi connectivity index (χ3v) is 6.27. The van der Waals surface area contributed by atoms with Gasteiger partial charge >= 0.3 is 6.11 Å². The fraction of sp³-hybridized carbons (Fsp3) is 0.444. The van der Waals surface area contributed by atoms with E-state index in [9.17, 15) is 13.6 Å². The van der Waals surface area contributed by atoms with Gasteiger partial charge in [0, 0.05) is 44.6 Å². The Morgan fingerprint density at radius 2 is 2.03 bits per heavy atom. The average molecular weight is 484 g/mol. The molecule has 0 N–H and O–H groups in total. The van der Waals surface area contributed by atoms with Crippen molar-refractivity contribution >= 4 is 5.78 Å². The zero-order valence-corrected chi connectivity index (χ0v) is 20.1. The Bertz CT molecular complexity index is 1140. The van der Waals surface area contributed by atoms with Crippen molar-refractivity contribution in [2.24, 2.45) is 18.9 Å². The number of imidazole rings is 1. The number of nitrogens with zero attached hydrogens (tertiary/aromatic N) is 3. The molecule has 2 aromatic heterocycles. The van der Waals surface area contributed by atoms with Crippen LogP contribution < -0.4 is 4.74 Å². The molecular formula is C27H31F2N3O3. The first kappa shape index (κ1) is 25.0. The van der Waals surface area contributed by atoms with Crippen LogP contribution in [0.1, 0.15) is 48.2 Å². The Morgan fingerprint density at radius 1 is 1.20 bits per heavy atom. The van der Waals surface area contributed by atoms with E-state index in [0.717, 1.165) is 18.4 Å². The molecule has 0 amide bonds. The van der Waals surface area contributed by atoms with Crippen LogP contribution in [0.4, 0.5) is 8.78 Å². The molecule has 2 heterocycles. The van der Waals surface area contributed by atoms with Gasteiger partial charge in [0.05, 0.1) is 17.9 Å². The van der Waals surface area contributed by atoms with Gasteiger partial charge in [-0.1, -0.05) is 12.1 Å². The van der Waals surface area contributed by atoms with Crippen LogP contribution in [0, 0.1) is 11.8 Å². The lowest BCUT2D eigenvalue weighted by atomic mass is 9.90. The van der Waals surface area contributed by atoms with E-state index >= 15 is 0 Å². The lowest BCUT2D eigenvalue weighted by molar-refractivity contribution is -0.192. The van der Waals surface area contributed by atoms with Crippen molar-refractivity contribution in [3.8, 4) is 17.0 Å². The van der Waals surface area contributed by atoms with Gasteiger partial charge in [-0.25, -0.2) is 4.98 Å². The number of methoxy groups -OCH3 is 1. The van der Waals surface area contributed by atoms with Gasteiger partial charge in [0.15, 0.2) is 5.78 Å². The van der Waals surface area contributed by atoms with E-state index in [1.165, 1.54) is 6.07 Å². The lowest BCUT2D eigenvalue weighted by Crippen LogP contribution is -2.27. The van der Waals surface area contributed by atoms with Gasteiger partial charge in [-0.05, 0) is 68.4 Å². The average Bonchev–Trinajstić information content (AvgIpc) is 3.63. The summed E-state index contributed by atoms with van der Waals surface area (Å²) in [6.45, 7) is 0.601. The van der Waals surface area contributed by atoms with Crippen LogP contribution in [-0.2, 0) is 18.2 Å². The minimum absolute atomic E-state index is 0.0393. The normalized spacial score (nSPS) is 14.6. The Morgan fingerprint density at radius 3 is 2.74 bits per heavy atom. The molecule has 0 aliphatic heterocycles. The van der Waals surface area contributed by atoms with E-state index in [2.05, 4.69) is 9.97 Å². The molecule has 1 unspecified atom stereocenters. The molecule has 1 saturated carbocycles. The quantitative estimate of drug-likeness (QED) is 0.230. The number of aryl methyl sites for hydroxylation is 2. The first-order valence-electron chi connectivity index (χ1n) is 12.0. The molecule has 35 heavy (non-hydrogen) atoms. The summed E-state index contributed by atoms with van der Waals surface area (Å²) >= 11 is 0. The van der Waals surface area contributed by atoms with Crippen LogP contribution >= 0.6 is 0 Å². The Hall–Kier alpha value is -3.13. The lowest BCUT2D eigenvalue weighted by Gasteiger charge is -2.18. The van der Waals surface area contributed by atoms with E-state index in [-0.39, 0.29) is 17.5 Å². The first-order chi connectivity index (χ1) is 16.9. The van der Waals surface area contributed by atoms with Crippen molar-refractivity contribution in [3.63, 3.8) is 0 Å². The molecule has 0 bridgehead atoms. The summed E-state index contributed by atoms with van der Waals surface area (Å²) < 4.78 is 40.1. The second-order valence-corrected chi connectivity index (χ2v) is 9.17. The molecule has 8 heteroatoms. The van der Waals surface area contributed by atoms with E-state index in [1.807, 2.05) is 25.2 Å². The molecule has 1 atom stereocenters. The number of hydrogen-bond acceptors (Lipinski definition) is 5. The van der Waals surface area contributed by atoms with Gasteiger partial charge < -0.3 is 14.0 Å².